The van der Waals surface area contributed by atoms with Crippen molar-refractivity contribution < 1.29 is 32.6 Å². The second-order valence-corrected chi connectivity index (χ2v) is 7.18. The van der Waals surface area contributed by atoms with Crippen LogP contribution in [-0.4, -0.2) is 56.6 Å². The van der Waals surface area contributed by atoms with Crippen LogP contribution in [0.15, 0.2) is 23.1 Å². The quantitative estimate of drug-likeness (QED) is 0.786. The molecule has 1 atom stereocenters. The lowest BCUT2D eigenvalue weighted by molar-refractivity contribution is -0.142. The van der Waals surface area contributed by atoms with E-state index in [1.807, 2.05) is 0 Å². The summed E-state index contributed by atoms with van der Waals surface area (Å²) in [6.07, 6.45) is 1.46. The van der Waals surface area contributed by atoms with E-state index in [-0.39, 0.29) is 29.2 Å². The monoisotopic (exact) mass is 357 g/mol. The summed E-state index contributed by atoms with van der Waals surface area (Å²) < 4.78 is 36.6. The van der Waals surface area contributed by atoms with Crippen LogP contribution in [0.1, 0.15) is 29.6 Å². The Bertz CT molecular complexity index is 744. The molecule has 1 saturated heterocycles. The van der Waals surface area contributed by atoms with Crippen LogP contribution in [-0.2, 0) is 19.6 Å². The summed E-state index contributed by atoms with van der Waals surface area (Å²) in [5.74, 6) is -1.85. The SMILES string of the molecule is COC(=O)c1ccc(OC)c(S(=O)(=O)N2CCCCC2C(=O)O)c1. The van der Waals surface area contributed by atoms with Gasteiger partial charge in [0.15, 0.2) is 0 Å². The number of hydrogen-bond acceptors (Lipinski definition) is 6. The van der Waals surface area contributed by atoms with E-state index in [4.69, 9.17) is 4.74 Å². The number of hydrogen-bond donors (Lipinski definition) is 1. The van der Waals surface area contributed by atoms with Gasteiger partial charge >= 0.3 is 11.9 Å². The lowest BCUT2D eigenvalue weighted by Gasteiger charge is -2.32. The number of ether oxygens (including phenoxy) is 2. The Balaban J connectivity index is 2.54. The van der Waals surface area contributed by atoms with Gasteiger partial charge in [-0.1, -0.05) is 0 Å². The molecule has 1 unspecified atom stereocenters. The smallest absolute Gasteiger partial charge is 0.337 e. The first-order chi connectivity index (χ1) is 11.3. The highest BCUT2D eigenvalue weighted by molar-refractivity contribution is 7.89. The molecule has 1 aliphatic heterocycles. The number of nitrogens with zero attached hydrogens (tertiary/aromatic N) is 1. The van der Waals surface area contributed by atoms with E-state index in [9.17, 15) is 23.1 Å². The van der Waals surface area contributed by atoms with E-state index in [1.54, 1.807) is 0 Å². The number of carboxylic acids is 1. The van der Waals surface area contributed by atoms with Crippen molar-refractivity contribution >= 4 is 22.0 Å². The van der Waals surface area contributed by atoms with Gasteiger partial charge in [-0.2, -0.15) is 4.31 Å². The summed E-state index contributed by atoms with van der Waals surface area (Å²) >= 11 is 0. The fourth-order valence-electron chi connectivity index (χ4n) is 2.69. The van der Waals surface area contributed by atoms with Gasteiger partial charge in [-0.15, -0.1) is 0 Å². The zero-order chi connectivity index (χ0) is 17.9. The summed E-state index contributed by atoms with van der Waals surface area (Å²) in [6, 6.07) is 2.75. The minimum Gasteiger partial charge on any atom is -0.495 e. The third-order valence-corrected chi connectivity index (χ3v) is 5.84. The Hall–Kier alpha value is -2.13. The molecule has 1 aromatic carbocycles. The average molecular weight is 357 g/mol. The molecular formula is C15H19NO7S. The topological polar surface area (TPSA) is 110 Å². The molecule has 1 fully saturated rings. The number of carboxylic acid groups (broad SMARTS) is 1. The average Bonchev–Trinajstić information content (AvgIpc) is 2.60. The van der Waals surface area contributed by atoms with Crippen LogP contribution in [0.5, 0.6) is 5.75 Å². The van der Waals surface area contributed by atoms with Gasteiger partial charge in [-0.05, 0) is 37.5 Å². The normalized spacial score (nSPS) is 18.8. The maximum Gasteiger partial charge on any atom is 0.337 e. The Morgan fingerprint density at radius 3 is 2.54 bits per heavy atom. The number of aliphatic carboxylic acids is 1. The maximum atomic E-state index is 13.0. The molecule has 1 aromatic rings. The molecule has 0 bridgehead atoms. The van der Waals surface area contributed by atoms with Crippen molar-refractivity contribution in [2.24, 2.45) is 0 Å². The summed E-state index contributed by atoms with van der Waals surface area (Å²) in [5.41, 5.74) is 0.0424. The molecule has 0 spiro atoms. The minimum absolute atomic E-state index is 0.0392. The van der Waals surface area contributed by atoms with Crippen LogP contribution < -0.4 is 4.74 Å². The number of sulfonamides is 1. The number of methoxy groups -OCH3 is 2. The van der Waals surface area contributed by atoms with Crippen molar-refractivity contribution in [2.75, 3.05) is 20.8 Å². The van der Waals surface area contributed by atoms with Gasteiger partial charge in [-0.3, -0.25) is 4.79 Å². The number of piperidine rings is 1. The molecule has 0 saturated carbocycles. The highest BCUT2D eigenvalue weighted by Crippen LogP contribution is 2.32. The summed E-state index contributed by atoms with van der Waals surface area (Å²) in [6.45, 7) is 0.102. The number of carbonyl (C=O) groups excluding carboxylic acids is 1. The molecule has 24 heavy (non-hydrogen) atoms. The molecule has 0 aromatic heterocycles. The van der Waals surface area contributed by atoms with E-state index in [2.05, 4.69) is 4.74 Å². The van der Waals surface area contributed by atoms with Crippen molar-refractivity contribution in [3.8, 4) is 5.75 Å². The standard InChI is InChI=1S/C15H19NO7S/c1-22-12-7-6-10(15(19)23-2)9-13(12)24(20,21)16-8-4-3-5-11(16)14(17)18/h6-7,9,11H,3-5,8H2,1-2H3,(H,17,18). The number of benzene rings is 1. The number of carbonyl (C=O) groups is 2. The lowest BCUT2D eigenvalue weighted by atomic mass is 10.1. The van der Waals surface area contributed by atoms with Crippen molar-refractivity contribution in [3.05, 3.63) is 23.8 Å². The van der Waals surface area contributed by atoms with Crippen LogP contribution in [0.3, 0.4) is 0 Å². The molecule has 132 valence electrons. The number of esters is 1. The fraction of sp³-hybridized carbons (Fsp3) is 0.467. The molecule has 2 rings (SSSR count). The predicted octanol–water partition coefficient (Wildman–Crippen LogP) is 1.11. The third-order valence-electron chi connectivity index (χ3n) is 3.91. The minimum atomic E-state index is -4.14. The van der Waals surface area contributed by atoms with Gasteiger partial charge in [0.2, 0.25) is 10.0 Å². The van der Waals surface area contributed by atoms with Gasteiger partial charge in [0.25, 0.3) is 0 Å². The van der Waals surface area contributed by atoms with Crippen LogP contribution in [0.25, 0.3) is 0 Å². The van der Waals surface area contributed by atoms with Gasteiger partial charge in [-0.25, -0.2) is 13.2 Å². The molecule has 0 radical (unpaired) electrons. The van der Waals surface area contributed by atoms with Gasteiger partial charge in [0, 0.05) is 6.54 Å². The van der Waals surface area contributed by atoms with Crippen molar-refractivity contribution in [1.29, 1.82) is 0 Å². The zero-order valence-electron chi connectivity index (χ0n) is 13.4. The molecule has 0 amide bonds. The van der Waals surface area contributed by atoms with E-state index in [0.717, 1.165) is 10.4 Å². The van der Waals surface area contributed by atoms with E-state index >= 15 is 0 Å². The molecule has 9 heteroatoms. The van der Waals surface area contributed by atoms with Crippen molar-refractivity contribution in [2.45, 2.75) is 30.2 Å². The number of rotatable bonds is 5. The predicted molar refractivity (Wildman–Crippen MR) is 83.5 cm³/mol. The first kappa shape index (κ1) is 18.2. The van der Waals surface area contributed by atoms with Gasteiger partial charge in [0.1, 0.15) is 16.7 Å². The summed E-state index contributed by atoms with van der Waals surface area (Å²) in [5, 5.41) is 9.31. The van der Waals surface area contributed by atoms with E-state index < -0.39 is 28.0 Å². The second-order valence-electron chi connectivity index (χ2n) is 5.32. The van der Waals surface area contributed by atoms with Crippen LogP contribution in [0, 0.1) is 0 Å². The third kappa shape index (κ3) is 3.36. The molecule has 0 aliphatic carbocycles. The largest absolute Gasteiger partial charge is 0.495 e. The molecule has 8 nitrogen and oxygen atoms in total. The van der Waals surface area contributed by atoms with Crippen LogP contribution >= 0.6 is 0 Å². The van der Waals surface area contributed by atoms with Crippen LogP contribution in [0.2, 0.25) is 0 Å². The molecular weight excluding hydrogens is 338 g/mol. The zero-order valence-corrected chi connectivity index (χ0v) is 14.2. The molecule has 1 N–H and O–H groups in total. The highest BCUT2D eigenvalue weighted by atomic mass is 32.2. The van der Waals surface area contributed by atoms with Crippen LogP contribution in [0.4, 0.5) is 0 Å². The molecule has 1 aliphatic rings. The fourth-order valence-corrected chi connectivity index (χ4v) is 4.52. The van der Waals surface area contributed by atoms with E-state index in [0.29, 0.717) is 12.8 Å². The first-order valence-electron chi connectivity index (χ1n) is 7.34. The van der Waals surface area contributed by atoms with E-state index in [1.165, 1.54) is 26.4 Å². The Labute approximate surface area is 140 Å². The first-order valence-corrected chi connectivity index (χ1v) is 8.78. The maximum absolute atomic E-state index is 13.0. The van der Waals surface area contributed by atoms with Gasteiger partial charge in [0.05, 0.1) is 19.8 Å². The highest BCUT2D eigenvalue weighted by Gasteiger charge is 2.39. The summed E-state index contributed by atoms with van der Waals surface area (Å²) in [7, 11) is -1.65. The van der Waals surface area contributed by atoms with Crippen molar-refractivity contribution in [1.82, 2.24) is 4.31 Å². The second kappa shape index (κ2) is 7.18. The lowest BCUT2D eigenvalue weighted by Crippen LogP contribution is -2.47. The van der Waals surface area contributed by atoms with Gasteiger partial charge < -0.3 is 14.6 Å². The Kier molecular flexibility index (Phi) is 5.45. The van der Waals surface area contributed by atoms with Crippen molar-refractivity contribution in [3.63, 3.8) is 0 Å². The molecule has 1 heterocycles. The summed E-state index contributed by atoms with van der Waals surface area (Å²) in [4.78, 5) is 22.8. The Morgan fingerprint density at radius 2 is 1.96 bits per heavy atom. The Morgan fingerprint density at radius 1 is 1.25 bits per heavy atom.